The van der Waals surface area contributed by atoms with Crippen LogP contribution in [0.3, 0.4) is 0 Å². The third-order valence-electron chi connectivity index (χ3n) is 3.38. The molecule has 1 fully saturated rings. The van der Waals surface area contributed by atoms with Crippen molar-refractivity contribution in [3.05, 3.63) is 11.1 Å². The van der Waals surface area contributed by atoms with Gasteiger partial charge in [0.2, 0.25) is 5.28 Å². The van der Waals surface area contributed by atoms with Crippen molar-refractivity contribution in [2.24, 2.45) is 5.92 Å². The van der Waals surface area contributed by atoms with Crippen LogP contribution in [-0.4, -0.2) is 28.0 Å². The molecular weight excluding hydrogens is 238 g/mol. The minimum absolute atomic E-state index is 0.0478. The van der Waals surface area contributed by atoms with Crippen LogP contribution >= 0.6 is 11.6 Å². The monoisotopic (exact) mass is 257 g/mol. The third-order valence-corrected chi connectivity index (χ3v) is 3.64. The fraction of sp³-hybridized carbons (Fsp3) is 0.833. The summed E-state index contributed by atoms with van der Waals surface area (Å²) in [7, 11) is 0. The van der Waals surface area contributed by atoms with E-state index < -0.39 is 0 Å². The van der Waals surface area contributed by atoms with Crippen LogP contribution in [0.15, 0.2) is 0 Å². The van der Waals surface area contributed by atoms with Crippen molar-refractivity contribution < 1.29 is 4.74 Å². The summed E-state index contributed by atoms with van der Waals surface area (Å²) in [5.41, 5.74) is -0.0478. The van der Waals surface area contributed by atoms with Crippen LogP contribution in [0.25, 0.3) is 0 Å². The fourth-order valence-corrected chi connectivity index (χ4v) is 2.56. The second kappa shape index (κ2) is 4.58. The first-order chi connectivity index (χ1) is 7.91. The quantitative estimate of drug-likeness (QED) is 0.818. The average molecular weight is 258 g/mol. The molecule has 1 aromatic rings. The Kier molecular flexibility index (Phi) is 3.46. The number of aromatic nitrogens is 3. The van der Waals surface area contributed by atoms with E-state index in [1.165, 1.54) is 0 Å². The second-order valence-corrected chi connectivity index (χ2v) is 6.11. The van der Waals surface area contributed by atoms with Gasteiger partial charge in [-0.15, -0.1) is 10.2 Å². The van der Waals surface area contributed by atoms with E-state index in [9.17, 15) is 0 Å². The van der Waals surface area contributed by atoms with Crippen molar-refractivity contribution in [2.75, 3.05) is 13.2 Å². The van der Waals surface area contributed by atoms with E-state index in [2.05, 4.69) is 42.5 Å². The summed E-state index contributed by atoms with van der Waals surface area (Å²) in [4.78, 5) is 0. The molecule has 4 nitrogen and oxygen atoms in total. The number of nitrogens with zero attached hydrogens (tertiary/aromatic N) is 3. The zero-order chi connectivity index (χ0) is 12.6. The zero-order valence-electron chi connectivity index (χ0n) is 10.9. The lowest BCUT2D eigenvalue weighted by Crippen LogP contribution is -2.25. The molecule has 0 aliphatic carbocycles. The number of hydrogen-bond acceptors (Lipinski definition) is 3. The Bertz CT molecular complexity index is 391. The third kappa shape index (κ3) is 2.47. The van der Waals surface area contributed by atoms with Crippen LogP contribution in [0.2, 0.25) is 5.28 Å². The van der Waals surface area contributed by atoms with Crippen LogP contribution in [0.1, 0.15) is 46.0 Å². The Balaban J connectivity index is 2.33. The summed E-state index contributed by atoms with van der Waals surface area (Å²) < 4.78 is 7.50. The molecule has 0 N–H and O–H groups in total. The maximum absolute atomic E-state index is 6.17. The van der Waals surface area contributed by atoms with Gasteiger partial charge in [-0.3, -0.25) is 4.57 Å². The first-order valence-electron chi connectivity index (χ1n) is 6.10. The van der Waals surface area contributed by atoms with Crippen molar-refractivity contribution in [1.29, 1.82) is 0 Å². The highest BCUT2D eigenvalue weighted by molar-refractivity contribution is 6.28. The van der Waals surface area contributed by atoms with Crippen molar-refractivity contribution in [1.82, 2.24) is 14.8 Å². The summed E-state index contributed by atoms with van der Waals surface area (Å²) in [5, 5.41) is 8.71. The topological polar surface area (TPSA) is 39.9 Å². The van der Waals surface area contributed by atoms with E-state index in [1.54, 1.807) is 0 Å². The molecule has 0 amide bonds. The van der Waals surface area contributed by atoms with E-state index in [0.29, 0.717) is 11.2 Å². The minimum atomic E-state index is -0.0478. The molecule has 0 spiro atoms. The summed E-state index contributed by atoms with van der Waals surface area (Å²) in [6.07, 6.45) is 1.08. The van der Waals surface area contributed by atoms with Crippen LogP contribution < -0.4 is 0 Å². The fourth-order valence-electron chi connectivity index (χ4n) is 2.29. The van der Waals surface area contributed by atoms with Gasteiger partial charge in [0.05, 0.1) is 6.61 Å². The van der Waals surface area contributed by atoms with E-state index >= 15 is 0 Å². The van der Waals surface area contributed by atoms with E-state index in [4.69, 9.17) is 16.3 Å². The van der Waals surface area contributed by atoms with Gasteiger partial charge in [-0.2, -0.15) is 0 Å². The summed E-state index contributed by atoms with van der Waals surface area (Å²) in [5.74, 6) is 1.45. The van der Waals surface area contributed by atoms with Crippen molar-refractivity contribution >= 4 is 11.6 Å². The van der Waals surface area contributed by atoms with Crippen molar-refractivity contribution in [2.45, 2.75) is 45.6 Å². The highest BCUT2D eigenvalue weighted by atomic mass is 35.5. The lowest BCUT2D eigenvalue weighted by atomic mass is 9.93. The minimum Gasteiger partial charge on any atom is -0.381 e. The number of hydrogen-bond donors (Lipinski definition) is 0. The molecule has 2 unspecified atom stereocenters. The van der Waals surface area contributed by atoms with Gasteiger partial charge in [0, 0.05) is 24.0 Å². The van der Waals surface area contributed by atoms with Gasteiger partial charge in [0.25, 0.3) is 0 Å². The Morgan fingerprint density at radius 3 is 2.65 bits per heavy atom. The summed E-state index contributed by atoms with van der Waals surface area (Å²) in [6, 6.07) is 0.286. The first kappa shape index (κ1) is 12.8. The van der Waals surface area contributed by atoms with Crippen LogP contribution in [-0.2, 0) is 10.2 Å². The van der Waals surface area contributed by atoms with E-state index in [1.807, 2.05) is 0 Å². The van der Waals surface area contributed by atoms with Gasteiger partial charge in [0.15, 0.2) is 0 Å². The lowest BCUT2D eigenvalue weighted by molar-refractivity contribution is 0.174. The maximum Gasteiger partial charge on any atom is 0.225 e. The average Bonchev–Trinajstić information content (AvgIpc) is 2.83. The Labute approximate surface area is 107 Å². The highest BCUT2D eigenvalue weighted by Crippen LogP contribution is 2.32. The Morgan fingerprint density at radius 1 is 1.41 bits per heavy atom. The largest absolute Gasteiger partial charge is 0.381 e. The predicted octanol–water partition coefficient (Wildman–Crippen LogP) is 2.83. The molecule has 1 aliphatic rings. The van der Waals surface area contributed by atoms with Gasteiger partial charge in [0.1, 0.15) is 5.82 Å². The van der Waals surface area contributed by atoms with Crippen molar-refractivity contribution in [3.8, 4) is 0 Å². The smallest absolute Gasteiger partial charge is 0.225 e. The first-order valence-corrected chi connectivity index (χ1v) is 6.47. The molecule has 0 aromatic carbocycles. The predicted molar refractivity (Wildman–Crippen MR) is 67.4 cm³/mol. The molecule has 0 saturated carbocycles. The normalized spacial score (nSPS) is 23.0. The van der Waals surface area contributed by atoms with Crippen LogP contribution in [0, 0.1) is 5.92 Å². The van der Waals surface area contributed by atoms with Crippen molar-refractivity contribution in [3.63, 3.8) is 0 Å². The molecule has 5 heteroatoms. The molecular formula is C12H20ClN3O. The maximum atomic E-state index is 6.17. The molecule has 0 radical (unpaired) electrons. The summed E-state index contributed by atoms with van der Waals surface area (Å²) >= 11 is 6.17. The van der Waals surface area contributed by atoms with Gasteiger partial charge in [-0.25, -0.2) is 0 Å². The highest BCUT2D eigenvalue weighted by Gasteiger charge is 2.31. The molecule has 2 heterocycles. The molecule has 2 rings (SSSR count). The number of halogens is 1. The van der Waals surface area contributed by atoms with Gasteiger partial charge in [-0.1, -0.05) is 20.8 Å². The molecule has 96 valence electrons. The molecule has 2 atom stereocenters. The van der Waals surface area contributed by atoms with Crippen LogP contribution in [0.4, 0.5) is 0 Å². The zero-order valence-corrected chi connectivity index (χ0v) is 11.7. The lowest BCUT2D eigenvalue weighted by Gasteiger charge is -2.26. The molecule has 0 bridgehead atoms. The number of ether oxygens (including phenoxy) is 1. The SMILES string of the molecule is CC(C1CCOC1)n1c(Cl)nnc1C(C)(C)C. The molecule has 1 saturated heterocycles. The van der Waals surface area contributed by atoms with E-state index in [-0.39, 0.29) is 11.5 Å². The Morgan fingerprint density at radius 2 is 2.12 bits per heavy atom. The number of rotatable bonds is 2. The van der Waals surface area contributed by atoms with Crippen LogP contribution in [0.5, 0.6) is 0 Å². The van der Waals surface area contributed by atoms with Gasteiger partial charge >= 0.3 is 0 Å². The van der Waals surface area contributed by atoms with E-state index in [0.717, 1.165) is 25.5 Å². The second-order valence-electron chi connectivity index (χ2n) is 5.78. The molecule has 17 heavy (non-hydrogen) atoms. The molecule has 1 aliphatic heterocycles. The molecule has 1 aromatic heterocycles. The Hall–Kier alpha value is -0.610. The van der Waals surface area contributed by atoms with Gasteiger partial charge in [-0.05, 0) is 24.9 Å². The standard InChI is InChI=1S/C12H20ClN3O/c1-8(9-5-6-17-7-9)16-10(12(2,3)4)14-15-11(16)13/h8-9H,5-7H2,1-4H3. The van der Waals surface area contributed by atoms with Gasteiger partial charge < -0.3 is 4.74 Å². The summed E-state index contributed by atoms with van der Waals surface area (Å²) in [6.45, 7) is 10.2.